The van der Waals surface area contributed by atoms with Gasteiger partial charge in [-0.3, -0.25) is 0 Å². The Balaban J connectivity index is 1.67. The Hall–Kier alpha value is -0.515. The van der Waals surface area contributed by atoms with Crippen molar-refractivity contribution in [2.45, 2.75) is 57.3 Å². The maximum Gasteiger partial charge on any atom is 0.199 e. The normalized spacial score (nSPS) is 25.9. The molecule has 5 heteroatoms. The van der Waals surface area contributed by atoms with Gasteiger partial charge in [0, 0.05) is 13.0 Å². The van der Waals surface area contributed by atoms with Gasteiger partial charge in [-0.05, 0) is 66.6 Å². The first-order chi connectivity index (χ1) is 10.7. The third-order valence-corrected chi connectivity index (χ3v) is 4.93. The topological polar surface area (TPSA) is 27.7 Å². The SMILES string of the molecule is [B]c1cc(OC2CCCCO2)c(Br)cc1CC1CCCCO1. The van der Waals surface area contributed by atoms with E-state index in [-0.39, 0.29) is 12.4 Å². The lowest BCUT2D eigenvalue weighted by Crippen LogP contribution is -2.27. The van der Waals surface area contributed by atoms with Crippen molar-refractivity contribution < 1.29 is 14.2 Å². The van der Waals surface area contributed by atoms with Crippen LogP contribution in [0.15, 0.2) is 16.6 Å². The summed E-state index contributed by atoms with van der Waals surface area (Å²) in [5.74, 6) is 0.762. The average molecular weight is 365 g/mol. The van der Waals surface area contributed by atoms with Crippen molar-refractivity contribution in [3.05, 3.63) is 22.2 Å². The Kier molecular flexibility index (Phi) is 5.83. The van der Waals surface area contributed by atoms with Gasteiger partial charge in [0.05, 0.1) is 17.2 Å². The molecule has 2 atom stereocenters. The lowest BCUT2D eigenvalue weighted by atomic mass is 9.87. The van der Waals surface area contributed by atoms with Gasteiger partial charge in [0.15, 0.2) is 6.29 Å². The Labute approximate surface area is 142 Å². The molecular formula is C17H22BBrO3. The van der Waals surface area contributed by atoms with Gasteiger partial charge in [-0.25, -0.2) is 0 Å². The van der Waals surface area contributed by atoms with E-state index in [0.717, 1.165) is 66.6 Å². The molecule has 0 aromatic heterocycles. The molecule has 0 bridgehead atoms. The molecule has 0 spiro atoms. The minimum atomic E-state index is -0.156. The summed E-state index contributed by atoms with van der Waals surface area (Å²) in [6, 6.07) is 3.96. The maximum atomic E-state index is 6.22. The molecule has 118 valence electrons. The Bertz CT molecular complexity index is 451. The second kappa shape index (κ2) is 7.85. The fourth-order valence-electron chi connectivity index (χ4n) is 3.04. The summed E-state index contributed by atoms with van der Waals surface area (Å²) in [7, 11) is 6.22. The summed E-state index contributed by atoms with van der Waals surface area (Å²) in [5.41, 5.74) is 1.89. The lowest BCUT2D eigenvalue weighted by Gasteiger charge is -2.26. The second-order valence-electron chi connectivity index (χ2n) is 6.09. The van der Waals surface area contributed by atoms with Crippen LogP contribution in [-0.4, -0.2) is 33.5 Å². The van der Waals surface area contributed by atoms with Crippen LogP contribution >= 0.6 is 15.9 Å². The highest BCUT2D eigenvalue weighted by Gasteiger charge is 2.19. The van der Waals surface area contributed by atoms with E-state index in [4.69, 9.17) is 22.1 Å². The molecule has 1 aromatic carbocycles. The molecule has 2 radical (unpaired) electrons. The van der Waals surface area contributed by atoms with Gasteiger partial charge in [-0.2, -0.15) is 0 Å². The predicted molar refractivity (Wildman–Crippen MR) is 91.0 cm³/mol. The van der Waals surface area contributed by atoms with Crippen molar-refractivity contribution >= 4 is 29.2 Å². The highest BCUT2D eigenvalue weighted by Crippen LogP contribution is 2.29. The quantitative estimate of drug-likeness (QED) is 0.767. The molecular weight excluding hydrogens is 343 g/mol. The highest BCUT2D eigenvalue weighted by atomic mass is 79.9. The Morgan fingerprint density at radius 3 is 2.55 bits per heavy atom. The Morgan fingerprint density at radius 1 is 1.09 bits per heavy atom. The van der Waals surface area contributed by atoms with Gasteiger partial charge >= 0.3 is 0 Å². The predicted octanol–water partition coefficient (Wildman–Crippen LogP) is 3.26. The van der Waals surface area contributed by atoms with Crippen LogP contribution < -0.4 is 10.2 Å². The number of hydrogen-bond donors (Lipinski definition) is 0. The number of rotatable bonds is 4. The average Bonchev–Trinajstić information content (AvgIpc) is 2.54. The molecule has 2 aliphatic rings. The molecule has 0 aliphatic carbocycles. The molecule has 2 heterocycles. The lowest BCUT2D eigenvalue weighted by molar-refractivity contribution is -0.106. The van der Waals surface area contributed by atoms with Gasteiger partial charge in [0.1, 0.15) is 13.6 Å². The van der Waals surface area contributed by atoms with E-state index in [1.807, 2.05) is 6.07 Å². The minimum Gasteiger partial charge on any atom is -0.464 e. The highest BCUT2D eigenvalue weighted by molar-refractivity contribution is 9.10. The van der Waals surface area contributed by atoms with Crippen molar-refractivity contribution in [2.24, 2.45) is 0 Å². The van der Waals surface area contributed by atoms with Gasteiger partial charge in [-0.1, -0.05) is 11.0 Å². The monoisotopic (exact) mass is 364 g/mol. The molecule has 0 N–H and O–H groups in total. The van der Waals surface area contributed by atoms with E-state index in [9.17, 15) is 0 Å². The summed E-state index contributed by atoms with van der Waals surface area (Å²) in [4.78, 5) is 0. The van der Waals surface area contributed by atoms with Crippen molar-refractivity contribution in [3.63, 3.8) is 0 Å². The molecule has 0 saturated carbocycles. The zero-order chi connectivity index (χ0) is 15.4. The van der Waals surface area contributed by atoms with Crippen LogP contribution in [-0.2, 0) is 15.9 Å². The summed E-state index contributed by atoms with van der Waals surface area (Å²) in [5, 5.41) is 0. The van der Waals surface area contributed by atoms with Gasteiger partial charge in [0.2, 0.25) is 0 Å². The number of halogens is 1. The first-order valence-electron chi connectivity index (χ1n) is 8.20. The van der Waals surface area contributed by atoms with Gasteiger partial charge in [-0.15, -0.1) is 0 Å². The van der Waals surface area contributed by atoms with Crippen LogP contribution in [0.1, 0.15) is 44.1 Å². The molecule has 2 aliphatic heterocycles. The van der Waals surface area contributed by atoms with E-state index < -0.39 is 0 Å². The van der Waals surface area contributed by atoms with Crippen LogP contribution in [0.2, 0.25) is 0 Å². The Morgan fingerprint density at radius 2 is 1.86 bits per heavy atom. The number of ether oxygens (including phenoxy) is 3. The molecule has 2 saturated heterocycles. The maximum absolute atomic E-state index is 6.22. The summed E-state index contributed by atoms with van der Waals surface area (Å²) >= 11 is 3.60. The largest absolute Gasteiger partial charge is 0.464 e. The smallest absolute Gasteiger partial charge is 0.199 e. The molecule has 1 aromatic rings. The van der Waals surface area contributed by atoms with Crippen LogP contribution in [0.25, 0.3) is 0 Å². The molecule has 0 amide bonds. The first kappa shape index (κ1) is 16.3. The van der Waals surface area contributed by atoms with Crippen molar-refractivity contribution in [1.29, 1.82) is 0 Å². The second-order valence-corrected chi connectivity index (χ2v) is 6.94. The van der Waals surface area contributed by atoms with E-state index in [0.29, 0.717) is 0 Å². The number of hydrogen-bond acceptors (Lipinski definition) is 3. The fourth-order valence-corrected chi connectivity index (χ4v) is 3.52. The van der Waals surface area contributed by atoms with Crippen LogP contribution in [0.5, 0.6) is 5.75 Å². The van der Waals surface area contributed by atoms with Crippen LogP contribution in [0.4, 0.5) is 0 Å². The van der Waals surface area contributed by atoms with Crippen molar-refractivity contribution in [3.8, 4) is 5.75 Å². The van der Waals surface area contributed by atoms with Gasteiger partial charge < -0.3 is 14.2 Å². The summed E-state index contributed by atoms with van der Waals surface area (Å²) < 4.78 is 18.3. The van der Waals surface area contributed by atoms with Gasteiger partial charge in [0.25, 0.3) is 0 Å². The van der Waals surface area contributed by atoms with E-state index in [1.165, 1.54) is 12.8 Å². The summed E-state index contributed by atoms with van der Waals surface area (Å²) in [6.07, 6.45) is 7.72. The third-order valence-electron chi connectivity index (χ3n) is 4.31. The van der Waals surface area contributed by atoms with E-state index in [1.54, 1.807) is 0 Å². The van der Waals surface area contributed by atoms with Crippen molar-refractivity contribution in [2.75, 3.05) is 13.2 Å². The van der Waals surface area contributed by atoms with E-state index >= 15 is 0 Å². The minimum absolute atomic E-state index is 0.156. The van der Waals surface area contributed by atoms with Crippen LogP contribution in [0.3, 0.4) is 0 Å². The first-order valence-corrected chi connectivity index (χ1v) is 8.99. The number of benzene rings is 1. The molecule has 2 fully saturated rings. The fraction of sp³-hybridized carbons (Fsp3) is 0.647. The molecule has 3 nitrogen and oxygen atoms in total. The van der Waals surface area contributed by atoms with Crippen LogP contribution in [0, 0.1) is 0 Å². The standard InChI is InChI=1S/C17H22BBrO3/c18-14-11-16(22-17-6-2-4-8-21-17)15(19)10-12(14)9-13-5-1-3-7-20-13/h10-11,13,17H,1-9H2. The molecule has 2 unspecified atom stereocenters. The zero-order valence-electron chi connectivity index (χ0n) is 12.9. The molecule has 22 heavy (non-hydrogen) atoms. The summed E-state index contributed by atoms with van der Waals surface area (Å²) in [6.45, 7) is 1.64. The van der Waals surface area contributed by atoms with E-state index in [2.05, 4.69) is 22.0 Å². The van der Waals surface area contributed by atoms with Crippen molar-refractivity contribution in [1.82, 2.24) is 0 Å². The molecule has 3 rings (SSSR count). The third kappa shape index (κ3) is 4.27. The zero-order valence-corrected chi connectivity index (χ0v) is 14.4.